The first kappa shape index (κ1) is 19.3. The lowest BCUT2D eigenvalue weighted by atomic mass is 10.1. The van der Waals surface area contributed by atoms with E-state index in [4.69, 9.17) is 5.26 Å². The average molecular weight is 372 g/mol. The average Bonchev–Trinajstić information content (AvgIpc) is 2.58. The number of Topliss-reactive ketones (excluding diaryl/α,β-unsaturated/α-hetero) is 1. The normalized spacial score (nSPS) is 11.7. The Bertz CT molecular complexity index is 848. The molecular formula is C17H10F6N2O. The maximum Gasteiger partial charge on any atom is 0.418 e. The Labute approximate surface area is 143 Å². The molecule has 0 bridgehead atoms. The fraction of sp³-hybridized carbons (Fsp3) is 0.176. The molecule has 0 aliphatic carbocycles. The Morgan fingerprint density at radius 3 is 2.08 bits per heavy atom. The molecule has 136 valence electrons. The van der Waals surface area contributed by atoms with Gasteiger partial charge >= 0.3 is 12.4 Å². The van der Waals surface area contributed by atoms with E-state index in [9.17, 15) is 31.1 Å². The molecule has 1 N–H and O–H groups in total. The third-order valence-corrected chi connectivity index (χ3v) is 3.43. The zero-order valence-corrected chi connectivity index (χ0v) is 12.9. The van der Waals surface area contributed by atoms with Crippen molar-refractivity contribution in [3.05, 3.63) is 64.7 Å². The molecule has 2 rings (SSSR count). The predicted molar refractivity (Wildman–Crippen MR) is 80.4 cm³/mol. The molecule has 0 heterocycles. The number of carbonyl (C=O) groups is 1. The smallest absolute Gasteiger partial charge is 0.377 e. The van der Waals surface area contributed by atoms with Gasteiger partial charge in [0.15, 0.2) is 5.78 Å². The highest BCUT2D eigenvalue weighted by Gasteiger charge is 2.34. The number of nitrogens with zero attached hydrogens (tertiary/aromatic N) is 1. The second kappa shape index (κ2) is 7.07. The second-order valence-electron chi connectivity index (χ2n) is 5.22. The molecule has 0 aromatic heterocycles. The van der Waals surface area contributed by atoms with Crippen LogP contribution in [0.15, 0.2) is 42.5 Å². The van der Waals surface area contributed by atoms with Gasteiger partial charge in [-0.1, -0.05) is 12.1 Å². The van der Waals surface area contributed by atoms with Crippen molar-refractivity contribution >= 4 is 11.5 Å². The second-order valence-corrected chi connectivity index (χ2v) is 5.22. The molecule has 0 atom stereocenters. The summed E-state index contributed by atoms with van der Waals surface area (Å²) in [6.07, 6.45) is -9.30. The number of nitriles is 1. The number of carbonyl (C=O) groups excluding carboxylic acids is 1. The number of anilines is 1. The minimum absolute atomic E-state index is 0.0762. The van der Waals surface area contributed by atoms with Crippen molar-refractivity contribution in [1.82, 2.24) is 0 Å². The van der Waals surface area contributed by atoms with Crippen molar-refractivity contribution in [3.63, 3.8) is 0 Å². The SMILES string of the molecule is N#Cc1ccc(NCC(=O)c2ccc(C(F)(F)F)cc2)c(C(F)(F)F)c1. The number of nitrogens with one attached hydrogen (secondary N) is 1. The summed E-state index contributed by atoms with van der Waals surface area (Å²) >= 11 is 0. The van der Waals surface area contributed by atoms with E-state index >= 15 is 0 Å². The fourth-order valence-corrected chi connectivity index (χ4v) is 2.13. The molecule has 0 spiro atoms. The van der Waals surface area contributed by atoms with Gasteiger partial charge in [-0.25, -0.2) is 0 Å². The Morgan fingerprint density at radius 2 is 1.58 bits per heavy atom. The molecule has 2 aromatic carbocycles. The van der Waals surface area contributed by atoms with Gasteiger partial charge in [0.2, 0.25) is 0 Å². The number of benzene rings is 2. The summed E-state index contributed by atoms with van der Waals surface area (Å²) in [5, 5.41) is 11.0. The minimum atomic E-state index is -4.74. The monoisotopic (exact) mass is 372 g/mol. The molecule has 9 heteroatoms. The van der Waals surface area contributed by atoms with Gasteiger partial charge in [0.1, 0.15) is 0 Å². The molecule has 0 amide bonds. The van der Waals surface area contributed by atoms with Gasteiger partial charge in [0, 0.05) is 11.3 Å². The minimum Gasteiger partial charge on any atom is -0.377 e. The van der Waals surface area contributed by atoms with E-state index in [1.807, 2.05) is 0 Å². The van der Waals surface area contributed by atoms with Crippen LogP contribution in [0.25, 0.3) is 0 Å². The van der Waals surface area contributed by atoms with Gasteiger partial charge < -0.3 is 5.32 Å². The summed E-state index contributed by atoms with van der Waals surface area (Å²) in [5.41, 5.74) is -2.73. The van der Waals surface area contributed by atoms with Crippen LogP contribution in [-0.2, 0) is 12.4 Å². The summed E-state index contributed by atoms with van der Waals surface area (Å²) in [5.74, 6) is -0.684. The zero-order valence-electron chi connectivity index (χ0n) is 12.9. The van der Waals surface area contributed by atoms with E-state index in [2.05, 4.69) is 5.32 Å². The lowest BCUT2D eigenvalue weighted by Gasteiger charge is -2.14. The first-order chi connectivity index (χ1) is 12.0. The molecule has 0 radical (unpaired) electrons. The molecule has 0 unspecified atom stereocenters. The van der Waals surface area contributed by atoms with Gasteiger partial charge in [-0.2, -0.15) is 31.6 Å². The largest absolute Gasteiger partial charge is 0.418 e. The van der Waals surface area contributed by atoms with E-state index < -0.39 is 41.5 Å². The lowest BCUT2D eigenvalue weighted by molar-refractivity contribution is -0.138. The Hall–Kier alpha value is -3.02. The summed E-state index contributed by atoms with van der Waals surface area (Å²) in [6.45, 7) is -0.555. The zero-order chi connectivity index (χ0) is 19.5. The fourth-order valence-electron chi connectivity index (χ4n) is 2.13. The van der Waals surface area contributed by atoms with Crippen molar-refractivity contribution in [3.8, 4) is 6.07 Å². The maximum atomic E-state index is 13.0. The van der Waals surface area contributed by atoms with E-state index in [0.29, 0.717) is 6.07 Å². The third kappa shape index (κ3) is 4.53. The molecular weight excluding hydrogens is 362 g/mol. The van der Waals surface area contributed by atoms with Crippen LogP contribution < -0.4 is 5.32 Å². The van der Waals surface area contributed by atoms with Crippen LogP contribution in [0.2, 0.25) is 0 Å². The highest BCUT2D eigenvalue weighted by molar-refractivity contribution is 5.99. The van der Waals surface area contributed by atoms with E-state index in [-0.39, 0.29) is 11.1 Å². The van der Waals surface area contributed by atoms with Crippen molar-refractivity contribution in [2.75, 3.05) is 11.9 Å². The summed E-state index contributed by atoms with van der Waals surface area (Å²) in [4.78, 5) is 12.0. The van der Waals surface area contributed by atoms with Gasteiger partial charge in [-0.05, 0) is 30.3 Å². The first-order valence-corrected chi connectivity index (χ1v) is 7.08. The number of hydrogen-bond donors (Lipinski definition) is 1. The summed E-state index contributed by atoms with van der Waals surface area (Å²) in [6, 6.07) is 7.75. The summed E-state index contributed by atoms with van der Waals surface area (Å²) in [7, 11) is 0. The number of rotatable bonds is 4. The number of alkyl halides is 6. The quantitative estimate of drug-likeness (QED) is 0.614. The molecule has 0 aliphatic rings. The van der Waals surface area contributed by atoms with Gasteiger partial charge in [0.25, 0.3) is 0 Å². The Morgan fingerprint density at radius 1 is 0.962 bits per heavy atom. The van der Waals surface area contributed by atoms with Crippen LogP contribution in [0.3, 0.4) is 0 Å². The van der Waals surface area contributed by atoms with Crippen LogP contribution in [-0.4, -0.2) is 12.3 Å². The number of hydrogen-bond acceptors (Lipinski definition) is 3. The van der Waals surface area contributed by atoms with Gasteiger partial charge in [-0.15, -0.1) is 0 Å². The highest BCUT2D eigenvalue weighted by Crippen LogP contribution is 2.35. The van der Waals surface area contributed by atoms with Crippen LogP contribution in [0, 0.1) is 11.3 Å². The van der Waals surface area contributed by atoms with Crippen LogP contribution in [0.5, 0.6) is 0 Å². The lowest BCUT2D eigenvalue weighted by Crippen LogP contribution is -2.17. The number of halogens is 6. The van der Waals surface area contributed by atoms with E-state index in [1.54, 1.807) is 6.07 Å². The number of ketones is 1. The molecule has 3 nitrogen and oxygen atoms in total. The van der Waals surface area contributed by atoms with Crippen molar-refractivity contribution in [2.45, 2.75) is 12.4 Å². The van der Waals surface area contributed by atoms with E-state index in [0.717, 1.165) is 36.4 Å². The van der Waals surface area contributed by atoms with Crippen LogP contribution >= 0.6 is 0 Å². The molecule has 0 saturated carbocycles. The van der Waals surface area contributed by atoms with Crippen LogP contribution in [0.4, 0.5) is 32.0 Å². The maximum absolute atomic E-state index is 13.0. The molecule has 0 fully saturated rings. The Balaban J connectivity index is 2.16. The molecule has 0 aliphatic heterocycles. The topological polar surface area (TPSA) is 52.9 Å². The van der Waals surface area contributed by atoms with Crippen LogP contribution in [0.1, 0.15) is 27.0 Å². The molecule has 26 heavy (non-hydrogen) atoms. The molecule has 0 saturated heterocycles. The highest BCUT2D eigenvalue weighted by atomic mass is 19.4. The summed E-state index contributed by atoms with van der Waals surface area (Å²) < 4.78 is 76.5. The standard InChI is InChI=1S/C17H10F6N2O/c18-16(19,20)12-4-2-11(3-5-12)15(26)9-25-14-6-1-10(8-24)7-13(14)17(21,22)23/h1-7,25H,9H2. The molecule has 2 aromatic rings. The third-order valence-electron chi connectivity index (χ3n) is 3.43. The predicted octanol–water partition coefficient (Wildman–Crippen LogP) is 4.89. The van der Waals surface area contributed by atoms with E-state index in [1.165, 1.54) is 0 Å². The Kier molecular flexibility index (Phi) is 5.25. The van der Waals surface area contributed by atoms with Crippen molar-refractivity contribution in [1.29, 1.82) is 5.26 Å². The first-order valence-electron chi connectivity index (χ1n) is 7.08. The van der Waals surface area contributed by atoms with Crippen molar-refractivity contribution < 1.29 is 31.1 Å². The van der Waals surface area contributed by atoms with Gasteiger partial charge in [-0.3, -0.25) is 4.79 Å². The van der Waals surface area contributed by atoms with Gasteiger partial charge in [0.05, 0.1) is 29.3 Å². The van der Waals surface area contributed by atoms with Crippen molar-refractivity contribution in [2.24, 2.45) is 0 Å².